The molecule has 2 aromatic heterocycles. The van der Waals surface area contributed by atoms with E-state index in [1.54, 1.807) is 6.07 Å². The van der Waals surface area contributed by atoms with Crippen LogP contribution in [0, 0.1) is 6.92 Å². The Morgan fingerprint density at radius 2 is 2.00 bits per heavy atom. The first-order valence-corrected chi connectivity index (χ1v) is 10.7. The van der Waals surface area contributed by atoms with Crippen molar-refractivity contribution < 1.29 is 9.53 Å². The van der Waals surface area contributed by atoms with E-state index < -0.39 is 5.91 Å². The van der Waals surface area contributed by atoms with E-state index in [9.17, 15) is 4.79 Å². The highest BCUT2D eigenvalue weighted by atomic mass is 16.5. The van der Waals surface area contributed by atoms with Crippen LogP contribution in [0.4, 0.5) is 5.82 Å². The second-order valence-corrected chi connectivity index (χ2v) is 8.19. The molecule has 1 aliphatic heterocycles. The number of anilines is 1. The van der Waals surface area contributed by atoms with Gasteiger partial charge in [0.05, 0.1) is 23.9 Å². The minimum atomic E-state index is -0.449. The van der Waals surface area contributed by atoms with E-state index in [-0.39, 0.29) is 6.10 Å². The largest absolute Gasteiger partial charge is 0.373 e. The Hall–Kier alpha value is -3.71. The number of aryl methyl sites for hydroxylation is 1. The number of nitrogens with one attached hydrogen (secondary N) is 1. The van der Waals surface area contributed by atoms with Crippen molar-refractivity contribution in [1.29, 1.82) is 0 Å². The van der Waals surface area contributed by atoms with Crippen molar-refractivity contribution in [3.63, 3.8) is 0 Å². The van der Waals surface area contributed by atoms with Crippen molar-refractivity contribution in [2.45, 2.75) is 39.5 Å². The van der Waals surface area contributed by atoms with Gasteiger partial charge in [0, 0.05) is 35.2 Å². The topological polar surface area (TPSA) is 95.1 Å². The normalized spacial score (nSPS) is 15.5. The van der Waals surface area contributed by atoms with Crippen molar-refractivity contribution in [3.05, 3.63) is 82.7 Å². The Morgan fingerprint density at radius 3 is 2.78 bits per heavy atom. The molecule has 2 aromatic carbocycles. The summed E-state index contributed by atoms with van der Waals surface area (Å²) in [5, 5.41) is 4.29. The summed E-state index contributed by atoms with van der Waals surface area (Å²) in [4.78, 5) is 21.8. The molecule has 5 rings (SSSR count). The van der Waals surface area contributed by atoms with Crippen LogP contribution in [0.3, 0.4) is 0 Å². The summed E-state index contributed by atoms with van der Waals surface area (Å²) in [5.74, 6) is 0.894. The molecule has 3 N–H and O–H groups in total. The highest BCUT2D eigenvalue weighted by Crippen LogP contribution is 2.30. The van der Waals surface area contributed by atoms with Gasteiger partial charge < -0.3 is 15.8 Å². The van der Waals surface area contributed by atoms with Gasteiger partial charge >= 0.3 is 0 Å². The molecule has 0 bridgehead atoms. The first-order chi connectivity index (χ1) is 15.5. The monoisotopic (exact) mass is 427 g/mol. The molecule has 0 saturated carbocycles. The average Bonchev–Trinajstić information content (AvgIpc) is 3.13. The molecule has 1 aliphatic rings. The number of ether oxygens (including phenoxy) is 1. The van der Waals surface area contributed by atoms with E-state index in [1.807, 2.05) is 47.9 Å². The van der Waals surface area contributed by atoms with Crippen LogP contribution in [0.25, 0.3) is 16.9 Å². The Kier molecular flexibility index (Phi) is 5.11. The first kappa shape index (κ1) is 20.2. The number of benzene rings is 2. The standard InChI is InChI=1S/C25H25N5O2/c1-15-11-19-18(23(26)31)9-6-10-22(19)30(15)25-28-21-12-16(2)32-14-20(21)24(29-25)27-13-17-7-4-3-5-8-17/h3-11,16H,12-14H2,1-2H3,(H2,26,31)(H,27,28,29). The zero-order chi connectivity index (χ0) is 22.2. The molecule has 3 heterocycles. The van der Waals surface area contributed by atoms with Crippen LogP contribution in [-0.2, 0) is 24.3 Å². The third-order valence-electron chi connectivity index (χ3n) is 5.87. The summed E-state index contributed by atoms with van der Waals surface area (Å²) in [6, 6.07) is 17.7. The van der Waals surface area contributed by atoms with Gasteiger partial charge in [0.25, 0.3) is 0 Å². The second-order valence-electron chi connectivity index (χ2n) is 8.19. The van der Waals surface area contributed by atoms with Gasteiger partial charge in [-0.25, -0.2) is 4.98 Å². The number of aromatic nitrogens is 3. The molecule has 0 saturated heterocycles. The molecule has 7 heteroatoms. The van der Waals surface area contributed by atoms with Gasteiger partial charge in [0.15, 0.2) is 0 Å². The Labute approximate surface area is 186 Å². The molecule has 1 amide bonds. The van der Waals surface area contributed by atoms with E-state index in [0.717, 1.165) is 40.1 Å². The minimum absolute atomic E-state index is 0.0937. The van der Waals surface area contributed by atoms with Crippen LogP contribution in [-0.4, -0.2) is 26.5 Å². The molecule has 4 aromatic rings. The molecule has 0 aliphatic carbocycles. The summed E-state index contributed by atoms with van der Waals surface area (Å²) >= 11 is 0. The van der Waals surface area contributed by atoms with Crippen LogP contribution in [0.1, 0.15) is 39.8 Å². The maximum Gasteiger partial charge on any atom is 0.249 e. The maximum absolute atomic E-state index is 11.9. The van der Waals surface area contributed by atoms with E-state index in [1.165, 1.54) is 5.56 Å². The van der Waals surface area contributed by atoms with Crippen LogP contribution in [0.2, 0.25) is 0 Å². The lowest BCUT2D eigenvalue weighted by Gasteiger charge is -2.24. The predicted octanol–water partition coefficient (Wildman–Crippen LogP) is 3.90. The Balaban J connectivity index is 1.63. The molecule has 162 valence electrons. The number of nitrogens with zero attached hydrogens (tertiary/aromatic N) is 3. The molecule has 1 atom stereocenters. The Morgan fingerprint density at radius 1 is 1.19 bits per heavy atom. The minimum Gasteiger partial charge on any atom is -0.373 e. The van der Waals surface area contributed by atoms with Crippen molar-refractivity contribution in [1.82, 2.24) is 14.5 Å². The number of primary amides is 1. The number of hydrogen-bond donors (Lipinski definition) is 2. The highest BCUT2D eigenvalue weighted by Gasteiger charge is 2.24. The number of amides is 1. The van der Waals surface area contributed by atoms with Crippen molar-refractivity contribution in [2.24, 2.45) is 5.73 Å². The van der Waals surface area contributed by atoms with Crippen LogP contribution in [0.5, 0.6) is 0 Å². The van der Waals surface area contributed by atoms with Gasteiger partial charge in [0.1, 0.15) is 5.82 Å². The SMILES string of the molecule is Cc1cc2c(C(N)=O)cccc2n1-c1nc2c(c(NCc3ccccc3)n1)COC(C)C2. The van der Waals surface area contributed by atoms with E-state index in [0.29, 0.717) is 24.7 Å². The fraction of sp³-hybridized carbons (Fsp3) is 0.240. The first-order valence-electron chi connectivity index (χ1n) is 10.7. The van der Waals surface area contributed by atoms with E-state index >= 15 is 0 Å². The summed E-state index contributed by atoms with van der Waals surface area (Å²) in [7, 11) is 0. The molecule has 0 fully saturated rings. The summed E-state index contributed by atoms with van der Waals surface area (Å²) in [6.07, 6.45) is 0.812. The number of fused-ring (bicyclic) bond motifs is 2. The average molecular weight is 428 g/mol. The van der Waals surface area contributed by atoms with Gasteiger partial charge in [-0.3, -0.25) is 9.36 Å². The lowest BCUT2D eigenvalue weighted by atomic mass is 10.1. The molecule has 1 unspecified atom stereocenters. The van der Waals surface area contributed by atoms with Crippen molar-refractivity contribution in [3.8, 4) is 5.95 Å². The third kappa shape index (κ3) is 3.61. The number of carbonyl (C=O) groups is 1. The van der Waals surface area contributed by atoms with Crippen LogP contribution in [0.15, 0.2) is 54.6 Å². The zero-order valence-electron chi connectivity index (χ0n) is 18.1. The van der Waals surface area contributed by atoms with Crippen LogP contribution >= 0.6 is 0 Å². The maximum atomic E-state index is 11.9. The van der Waals surface area contributed by atoms with Gasteiger partial charge in [-0.2, -0.15) is 4.98 Å². The molecule has 0 radical (unpaired) electrons. The zero-order valence-corrected chi connectivity index (χ0v) is 18.1. The lowest BCUT2D eigenvalue weighted by Crippen LogP contribution is -2.24. The fourth-order valence-electron chi connectivity index (χ4n) is 4.27. The fourth-order valence-corrected chi connectivity index (χ4v) is 4.27. The number of hydrogen-bond acceptors (Lipinski definition) is 5. The second kappa shape index (κ2) is 8.09. The Bertz CT molecular complexity index is 1310. The molecular weight excluding hydrogens is 402 g/mol. The molecule has 7 nitrogen and oxygen atoms in total. The quantitative estimate of drug-likeness (QED) is 0.504. The van der Waals surface area contributed by atoms with Gasteiger partial charge in [-0.05, 0) is 37.6 Å². The van der Waals surface area contributed by atoms with Crippen LogP contribution < -0.4 is 11.1 Å². The molecular formula is C25H25N5O2. The number of nitrogens with two attached hydrogens (primary N) is 1. The lowest BCUT2D eigenvalue weighted by molar-refractivity contribution is 0.0398. The van der Waals surface area contributed by atoms with Crippen molar-refractivity contribution in [2.75, 3.05) is 5.32 Å². The van der Waals surface area contributed by atoms with Gasteiger partial charge in [-0.15, -0.1) is 0 Å². The third-order valence-corrected chi connectivity index (χ3v) is 5.87. The van der Waals surface area contributed by atoms with Gasteiger partial charge in [0.2, 0.25) is 11.9 Å². The van der Waals surface area contributed by atoms with Crippen molar-refractivity contribution >= 4 is 22.6 Å². The molecule has 0 spiro atoms. The summed E-state index contributed by atoms with van der Waals surface area (Å²) in [5.41, 5.74) is 11.0. The predicted molar refractivity (Wildman–Crippen MR) is 124 cm³/mol. The number of rotatable bonds is 5. The summed E-state index contributed by atoms with van der Waals surface area (Å²) < 4.78 is 7.87. The van der Waals surface area contributed by atoms with E-state index in [2.05, 4.69) is 24.4 Å². The van der Waals surface area contributed by atoms with E-state index in [4.69, 9.17) is 20.4 Å². The number of carbonyl (C=O) groups excluding carboxylic acids is 1. The highest BCUT2D eigenvalue weighted by molar-refractivity contribution is 6.06. The smallest absolute Gasteiger partial charge is 0.249 e. The van der Waals surface area contributed by atoms with Gasteiger partial charge in [-0.1, -0.05) is 36.4 Å². The summed E-state index contributed by atoms with van der Waals surface area (Å²) in [6.45, 7) is 5.16. The molecule has 32 heavy (non-hydrogen) atoms.